The quantitative estimate of drug-likeness (QED) is 0.647. The van der Waals surface area contributed by atoms with Crippen molar-refractivity contribution >= 4 is 0 Å². The first-order chi connectivity index (χ1) is 6.83. The van der Waals surface area contributed by atoms with Crippen LogP contribution in [-0.4, -0.2) is 29.9 Å². The molecular formula is C11H15NO2. The average Bonchev–Trinajstić information content (AvgIpc) is 2.66. The molecule has 2 atom stereocenters. The molecule has 76 valence electrons. The third-order valence-corrected chi connectivity index (χ3v) is 2.91. The summed E-state index contributed by atoms with van der Waals surface area (Å²) in [6.07, 6.45) is 0. The molecule has 0 radical (unpaired) electrons. The molecule has 1 aromatic rings. The molecule has 0 bridgehead atoms. The highest BCUT2D eigenvalue weighted by Gasteiger charge is 2.29. The second kappa shape index (κ2) is 3.98. The fourth-order valence-electron chi connectivity index (χ4n) is 2.09. The van der Waals surface area contributed by atoms with Gasteiger partial charge in [-0.15, -0.1) is 0 Å². The number of phenolic OH excluding ortho intramolecular Hbond substituents is 1. The topological polar surface area (TPSA) is 52.5 Å². The molecule has 0 amide bonds. The summed E-state index contributed by atoms with van der Waals surface area (Å²) in [5.41, 5.74) is 0.941. The van der Waals surface area contributed by atoms with Gasteiger partial charge in [-0.05, 0) is 11.6 Å². The number of aromatic hydroxyl groups is 1. The fourth-order valence-corrected chi connectivity index (χ4v) is 2.09. The van der Waals surface area contributed by atoms with Crippen LogP contribution in [0.3, 0.4) is 0 Å². The fraction of sp³-hybridized carbons (Fsp3) is 0.455. The lowest BCUT2D eigenvalue weighted by Gasteiger charge is -2.17. The molecule has 14 heavy (non-hydrogen) atoms. The van der Waals surface area contributed by atoms with Crippen LogP contribution in [0, 0.1) is 5.92 Å². The number of para-hydroxylation sites is 1. The Morgan fingerprint density at radius 3 is 2.79 bits per heavy atom. The first-order valence-corrected chi connectivity index (χ1v) is 4.92. The second-order valence-electron chi connectivity index (χ2n) is 3.77. The smallest absolute Gasteiger partial charge is 0.119 e. The minimum atomic E-state index is 0.173. The van der Waals surface area contributed by atoms with Crippen LogP contribution in [-0.2, 0) is 0 Å². The maximum absolute atomic E-state index is 9.67. The monoisotopic (exact) mass is 193 g/mol. The first-order valence-electron chi connectivity index (χ1n) is 4.92. The van der Waals surface area contributed by atoms with Crippen molar-refractivity contribution < 1.29 is 10.2 Å². The van der Waals surface area contributed by atoms with E-state index < -0.39 is 0 Å². The van der Waals surface area contributed by atoms with E-state index in [1.54, 1.807) is 6.07 Å². The van der Waals surface area contributed by atoms with E-state index in [2.05, 4.69) is 5.32 Å². The number of aliphatic hydroxyl groups is 1. The lowest BCUT2D eigenvalue weighted by Crippen LogP contribution is -2.14. The molecule has 1 heterocycles. The van der Waals surface area contributed by atoms with Crippen LogP contribution in [0.15, 0.2) is 24.3 Å². The molecular weight excluding hydrogens is 178 g/mol. The molecule has 0 unspecified atom stereocenters. The van der Waals surface area contributed by atoms with Crippen LogP contribution in [0.4, 0.5) is 0 Å². The van der Waals surface area contributed by atoms with Gasteiger partial charge in [-0.1, -0.05) is 18.2 Å². The van der Waals surface area contributed by atoms with Crippen LogP contribution in [0.25, 0.3) is 0 Å². The number of benzene rings is 1. The minimum absolute atomic E-state index is 0.173. The van der Waals surface area contributed by atoms with Gasteiger partial charge in [0, 0.05) is 31.5 Å². The average molecular weight is 193 g/mol. The van der Waals surface area contributed by atoms with E-state index in [1.807, 2.05) is 18.2 Å². The Morgan fingerprint density at radius 2 is 2.07 bits per heavy atom. The largest absolute Gasteiger partial charge is 0.508 e. The SMILES string of the molecule is OC[C@@H]1CNC[C@@H]1c1ccccc1O. The summed E-state index contributed by atoms with van der Waals surface area (Å²) in [5, 5.41) is 22.1. The maximum Gasteiger partial charge on any atom is 0.119 e. The van der Waals surface area contributed by atoms with Crippen molar-refractivity contribution in [2.75, 3.05) is 19.7 Å². The van der Waals surface area contributed by atoms with E-state index in [0.717, 1.165) is 18.7 Å². The molecule has 0 aromatic heterocycles. The summed E-state index contributed by atoms with van der Waals surface area (Å²) in [6, 6.07) is 7.36. The lowest BCUT2D eigenvalue weighted by atomic mass is 9.89. The second-order valence-corrected chi connectivity index (χ2v) is 3.77. The Bertz CT molecular complexity index is 314. The summed E-state index contributed by atoms with van der Waals surface area (Å²) in [5.74, 6) is 0.796. The third-order valence-electron chi connectivity index (χ3n) is 2.91. The summed E-state index contributed by atoms with van der Waals surface area (Å²) < 4.78 is 0. The lowest BCUT2D eigenvalue weighted by molar-refractivity contribution is 0.225. The Balaban J connectivity index is 2.26. The number of aliphatic hydroxyl groups excluding tert-OH is 1. The zero-order valence-corrected chi connectivity index (χ0v) is 7.98. The van der Waals surface area contributed by atoms with Gasteiger partial charge >= 0.3 is 0 Å². The molecule has 0 spiro atoms. The zero-order valence-electron chi connectivity index (χ0n) is 7.98. The van der Waals surface area contributed by atoms with Gasteiger partial charge in [-0.3, -0.25) is 0 Å². The highest BCUT2D eigenvalue weighted by atomic mass is 16.3. The van der Waals surface area contributed by atoms with Crippen LogP contribution >= 0.6 is 0 Å². The normalized spacial score (nSPS) is 26.6. The molecule has 1 fully saturated rings. The standard InChI is InChI=1S/C11H15NO2/c13-7-8-5-12-6-10(8)9-3-1-2-4-11(9)14/h1-4,8,10,12-14H,5-7H2/t8-,10-/m0/s1. The first kappa shape index (κ1) is 9.49. The molecule has 1 saturated heterocycles. The van der Waals surface area contributed by atoms with E-state index in [1.165, 1.54) is 0 Å². The summed E-state index contributed by atoms with van der Waals surface area (Å²) in [4.78, 5) is 0. The number of hydrogen-bond donors (Lipinski definition) is 3. The van der Waals surface area contributed by atoms with Crippen molar-refractivity contribution in [2.45, 2.75) is 5.92 Å². The van der Waals surface area contributed by atoms with Gasteiger partial charge in [0.05, 0.1) is 0 Å². The van der Waals surface area contributed by atoms with Crippen molar-refractivity contribution in [2.24, 2.45) is 5.92 Å². The molecule has 1 aromatic carbocycles. The molecule has 1 aliphatic rings. The summed E-state index contributed by atoms with van der Waals surface area (Å²) in [6.45, 7) is 1.84. The molecule has 3 nitrogen and oxygen atoms in total. The Labute approximate surface area is 83.4 Å². The summed E-state index contributed by atoms with van der Waals surface area (Å²) in [7, 11) is 0. The van der Waals surface area contributed by atoms with Gasteiger partial charge < -0.3 is 15.5 Å². The molecule has 3 N–H and O–H groups in total. The van der Waals surface area contributed by atoms with Crippen molar-refractivity contribution in [3.05, 3.63) is 29.8 Å². The van der Waals surface area contributed by atoms with E-state index >= 15 is 0 Å². The highest BCUT2D eigenvalue weighted by molar-refractivity contribution is 5.36. The van der Waals surface area contributed by atoms with Gasteiger partial charge in [0.1, 0.15) is 5.75 Å². The van der Waals surface area contributed by atoms with Crippen molar-refractivity contribution in [3.8, 4) is 5.75 Å². The van der Waals surface area contributed by atoms with Crippen molar-refractivity contribution in [1.29, 1.82) is 0 Å². The van der Waals surface area contributed by atoms with Gasteiger partial charge in [0.15, 0.2) is 0 Å². The number of hydrogen-bond acceptors (Lipinski definition) is 3. The molecule has 3 heteroatoms. The molecule has 0 aliphatic carbocycles. The zero-order chi connectivity index (χ0) is 9.97. The van der Waals surface area contributed by atoms with Crippen LogP contribution in [0.2, 0.25) is 0 Å². The third kappa shape index (κ3) is 1.61. The summed E-state index contributed by atoms with van der Waals surface area (Å²) >= 11 is 0. The molecule has 1 aliphatic heterocycles. The van der Waals surface area contributed by atoms with Gasteiger partial charge in [-0.2, -0.15) is 0 Å². The number of rotatable bonds is 2. The van der Waals surface area contributed by atoms with E-state index in [0.29, 0.717) is 5.75 Å². The number of nitrogens with one attached hydrogen (secondary N) is 1. The van der Waals surface area contributed by atoms with E-state index in [-0.39, 0.29) is 18.4 Å². The maximum atomic E-state index is 9.67. The van der Waals surface area contributed by atoms with E-state index in [9.17, 15) is 5.11 Å². The van der Waals surface area contributed by atoms with Crippen LogP contribution in [0.1, 0.15) is 11.5 Å². The highest BCUT2D eigenvalue weighted by Crippen LogP contribution is 2.33. The molecule has 2 rings (SSSR count). The predicted molar refractivity (Wildman–Crippen MR) is 54.3 cm³/mol. The van der Waals surface area contributed by atoms with Crippen LogP contribution in [0.5, 0.6) is 5.75 Å². The van der Waals surface area contributed by atoms with Crippen molar-refractivity contribution in [1.82, 2.24) is 5.32 Å². The Kier molecular flexibility index (Phi) is 2.70. The van der Waals surface area contributed by atoms with Gasteiger partial charge in [-0.25, -0.2) is 0 Å². The van der Waals surface area contributed by atoms with Gasteiger partial charge in [0.2, 0.25) is 0 Å². The minimum Gasteiger partial charge on any atom is -0.508 e. The molecule has 0 saturated carbocycles. The predicted octanol–water partition coefficient (Wildman–Crippen LogP) is 0.687. The van der Waals surface area contributed by atoms with Gasteiger partial charge in [0.25, 0.3) is 0 Å². The Hall–Kier alpha value is -1.06. The van der Waals surface area contributed by atoms with E-state index in [4.69, 9.17) is 5.11 Å². The number of phenols is 1. The Morgan fingerprint density at radius 1 is 1.29 bits per heavy atom. The van der Waals surface area contributed by atoms with Crippen LogP contribution < -0.4 is 5.32 Å². The van der Waals surface area contributed by atoms with Crippen molar-refractivity contribution in [3.63, 3.8) is 0 Å².